The van der Waals surface area contributed by atoms with Gasteiger partial charge in [0.15, 0.2) is 0 Å². The number of pyridine rings is 1. The lowest BCUT2D eigenvalue weighted by atomic mass is 10.3. The Morgan fingerprint density at radius 1 is 1.25 bits per heavy atom. The summed E-state index contributed by atoms with van der Waals surface area (Å²) in [5.41, 5.74) is 0.765. The van der Waals surface area contributed by atoms with E-state index < -0.39 is 4.92 Å². The summed E-state index contributed by atoms with van der Waals surface area (Å²) in [6.07, 6.45) is 5.03. The van der Waals surface area contributed by atoms with E-state index in [1.807, 2.05) is 18.2 Å². The lowest BCUT2D eigenvalue weighted by Gasteiger charge is -1.88. The third kappa shape index (κ3) is 2.33. The van der Waals surface area contributed by atoms with Gasteiger partial charge in [-0.1, -0.05) is 6.07 Å². The van der Waals surface area contributed by atoms with Crippen LogP contribution in [0.25, 0.3) is 12.2 Å². The van der Waals surface area contributed by atoms with Crippen molar-refractivity contribution in [2.24, 2.45) is 0 Å². The molecule has 0 fully saturated rings. The van der Waals surface area contributed by atoms with Crippen molar-refractivity contribution >= 4 is 18.0 Å². The normalized spacial score (nSPS) is 10.8. The first kappa shape index (κ1) is 10.1. The van der Waals surface area contributed by atoms with Gasteiger partial charge in [0.2, 0.25) is 0 Å². The van der Waals surface area contributed by atoms with E-state index in [2.05, 4.69) is 4.98 Å². The SMILES string of the molecule is O=[N+]([O-])c1ccc(C=Cc2ccccn2)o1. The number of hydrogen-bond acceptors (Lipinski definition) is 4. The molecule has 2 aromatic heterocycles. The third-order valence-electron chi connectivity index (χ3n) is 1.90. The summed E-state index contributed by atoms with van der Waals surface area (Å²) in [6, 6.07) is 8.36. The zero-order chi connectivity index (χ0) is 11.4. The van der Waals surface area contributed by atoms with Crippen LogP contribution in [0.4, 0.5) is 5.88 Å². The molecule has 0 bridgehead atoms. The predicted octanol–water partition coefficient (Wildman–Crippen LogP) is 2.75. The molecule has 0 radical (unpaired) electrons. The van der Waals surface area contributed by atoms with Gasteiger partial charge in [-0.2, -0.15) is 0 Å². The second-order valence-corrected chi connectivity index (χ2v) is 3.02. The Labute approximate surface area is 91.2 Å². The molecule has 2 heterocycles. The lowest BCUT2D eigenvalue weighted by Crippen LogP contribution is -1.82. The maximum atomic E-state index is 10.4. The van der Waals surface area contributed by atoms with Crippen molar-refractivity contribution in [1.29, 1.82) is 0 Å². The van der Waals surface area contributed by atoms with E-state index in [0.29, 0.717) is 5.76 Å². The van der Waals surface area contributed by atoms with E-state index in [1.54, 1.807) is 18.3 Å². The number of hydrogen-bond donors (Lipinski definition) is 0. The molecule has 0 aliphatic heterocycles. The Hall–Kier alpha value is -2.43. The van der Waals surface area contributed by atoms with Crippen molar-refractivity contribution in [3.05, 3.63) is 58.1 Å². The van der Waals surface area contributed by atoms with E-state index in [1.165, 1.54) is 12.1 Å². The number of aromatic nitrogens is 1. The quantitative estimate of drug-likeness (QED) is 0.584. The summed E-state index contributed by atoms with van der Waals surface area (Å²) in [5, 5.41) is 10.4. The minimum absolute atomic E-state index is 0.263. The maximum Gasteiger partial charge on any atom is 0.433 e. The van der Waals surface area contributed by atoms with Crippen LogP contribution in [-0.4, -0.2) is 9.91 Å². The summed E-state index contributed by atoms with van der Waals surface area (Å²) in [5.74, 6) is 0.165. The van der Waals surface area contributed by atoms with Gasteiger partial charge in [-0.25, -0.2) is 0 Å². The number of furan rings is 1. The fourth-order valence-corrected chi connectivity index (χ4v) is 1.17. The average Bonchev–Trinajstić information content (AvgIpc) is 2.76. The van der Waals surface area contributed by atoms with Crippen molar-refractivity contribution in [2.75, 3.05) is 0 Å². The minimum atomic E-state index is -0.571. The molecule has 0 unspecified atom stereocenters. The van der Waals surface area contributed by atoms with Crippen molar-refractivity contribution in [1.82, 2.24) is 4.98 Å². The molecule has 2 rings (SSSR count). The van der Waals surface area contributed by atoms with Crippen LogP contribution in [0.5, 0.6) is 0 Å². The van der Waals surface area contributed by atoms with Gasteiger partial charge in [0, 0.05) is 6.20 Å². The van der Waals surface area contributed by atoms with Crippen LogP contribution in [0.2, 0.25) is 0 Å². The molecule has 5 heteroatoms. The highest BCUT2D eigenvalue weighted by atomic mass is 16.6. The fraction of sp³-hybridized carbons (Fsp3) is 0. The van der Waals surface area contributed by atoms with E-state index in [4.69, 9.17) is 4.42 Å². The largest absolute Gasteiger partial charge is 0.433 e. The topological polar surface area (TPSA) is 69.2 Å². The van der Waals surface area contributed by atoms with E-state index in [-0.39, 0.29) is 5.88 Å². The number of nitrogens with zero attached hydrogens (tertiary/aromatic N) is 2. The van der Waals surface area contributed by atoms with Gasteiger partial charge < -0.3 is 4.42 Å². The molecule has 0 amide bonds. The molecule has 2 aromatic rings. The Kier molecular flexibility index (Phi) is 2.77. The van der Waals surface area contributed by atoms with E-state index >= 15 is 0 Å². The van der Waals surface area contributed by atoms with Crippen LogP contribution >= 0.6 is 0 Å². The molecule has 0 aromatic carbocycles. The zero-order valence-electron chi connectivity index (χ0n) is 8.24. The van der Waals surface area contributed by atoms with Crippen molar-refractivity contribution in [3.63, 3.8) is 0 Å². The molecule has 0 N–H and O–H groups in total. The second-order valence-electron chi connectivity index (χ2n) is 3.02. The van der Waals surface area contributed by atoms with Crippen molar-refractivity contribution in [2.45, 2.75) is 0 Å². The van der Waals surface area contributed by atoms with Gasteiger partial charge in [0.05, 0.1) is 11.8 Å². The molecule has 0 spiro atoms. The van der Waals surface area contributed by atoms with Crippen LogP contribution in [-0.2, 0) is 0 Å². The molecule has 0 aliphatic carbocycles. The Morgan fingerprint density at radius 3 is 2.75 bits per heavy atom. The summed E-state index contributed by atoms with van der Waals surface area (Å²) >= 11 is 0. The summed E-state index contributed by atoms with van der Waals surface area (Å²) < 4.78 is 4.95. The molecular weight excluding hydrogens is 208 g/mol. The molecular formula is C11H8N2O3. The summed E-state index contributed by atoms with van der Waals surface area (Å²) in [6.45, 7) is 0. The van der Waals surface area contributed by atoms with Gasteiger partial charge in [-0.05, 0) is 30.4 Å². The monoisotopic (exact) mass is 216 g/mol. The summed E-state index contributed by atoms with van der Waals surface area (Å²) in [4.78, 5) is 13.9. The van der Waals surface area contributed by atoms with Gasteiger partial charge in [0.25, 0.3) is 0 Å². The maximum absolute atomic E-state index is 10.4. The summed E-state index contributed by atoms with van der Waals surface area (Å²) in [7, 11) is 0. The van der Waals surface area contributed by atoms with Crippen molar-refractivity contribution < 1.29 is 9.34 Å². The molecule has 5 nitrogen and oxygen atoms in total. The molecule has 0 saturated carbocycles. The Morgan fingerprint density at radius 2 is 2.12 bits per heavy atom. The lowest BCUT2D eigenvalue weighted by molar-refractivity contribution is -0.402. The first-order chi connectivity index (χ1) is 7.75. The highest BCUT2D eigenvalue weighted by Crippen LogP contribution is 2.17. The third-order valence-corrected chi connectivity index (χ3v) is 1.90. The first-order valence-electron chi connectivity index (χ1n) is 4.59. The smallest absolute Gasteiger partial charge is 0.401 e. The zero-order valence-corrected chi connectivity index (χ0v) is 8.24. The molecule has 0 aliphatic rings. The highest BCUT2D eigenvalue weighted by Gasteiger charge is 2.09. The van der Waals surface area contributed by atoms with Gasteiger partial charge in [0.1, 0.15) is 10.7 Å². The van der Waals surface area contributed by atoms with E-state index in [9.17, 15) is 10.1 Å². The average molecular weight is 216 g/mol. The van der Waals surface area contributed by atoms with Crippen LogP contribution in [0.3, 0.4) is 0 Å². The van der Waals surface area contributed by atoms with Crippen LogP contribution < -0.4 is 0 Å². The predicted molar refractivity (Wildman–Crippen MR) is 58.5 cm³/mol. The van der Waals surface area contributed by atoms with E-state index in [0.717, 1.165) is 5.69 Å². The van der Waals surface area contributed by atoms with Crippen LogP contribution in [0, 0.1) is 10.1 Å². The number of rotatable bonds is 3. The Bertz CT molecular complexity index is 517. The fourth-order valence-electron chi connectivity index (χ4n) is 1.17. The van der Waals surface area contributed by atoms with Crippen LogP contribution in [0.15, 0.2) is 40.9 Å². The Balaban J connectivity index is 2.15. The molecule has 80 valence electrons. The van der Waals surface area contributed by atoms with Gasteiger partial charge in [-0.15, -0.1) is 0 Å². The van der Waals surface area contributed by atoms with Crippen LogP contribution in [0.1, 0.15) is 11.5 Å². The minimum Gasteiger partial charge on any atom is -0.401 e. The molecule has 0 atom stereocenters. The standard InChI is InChI=1S/C11H8N2O3/c14-13(15)11-7-6-10(16-11)5-4-9-3-1-2-8-12-9/h1-8H. The number of nitro groups is 1. The van der Waals surface area contributed by atoms with Gasteiger partial charge in [-0.3, -0.25) is 15.1 Å². The molecule has 16 heavy (non-hydrogen) atoms. The molecule has 0 saturated heterocycles. The van der Waals surface area contributed by atoms with Crippen molar-refractivity contribution in [3.8, 4) is 0 Å². The first-order valence-corrected chi connectivity index (χ1v) is 4.59. The highest BCUT2D eigenvalue weighted by molar-refractivity contribution is 5.65. The van der Waals surface area contributed by atoms with Gasteiger partial charge >= 0.3 is 5.88 Å². The second kappa shape index (κ2) is 4.39.